The molecule has 172 valence electrons. The van der Waals surface area contributed by atoms with Crippen LogP contribution in [0.25, 0.3) is 5.69 Å². The van der Waals surface area contributed by atoms with Gasteiger partial charge < -0.3 is 20.1 Å². The first-order chi connectivity index (χ1) is 16.7. The van der Waals surface area contributed by atoms with Crippen molar-refractivity contribution in [2.75, 3.05) is 18.4 Å². The zero-order valence-electron chi connectivity index (χ0n) is 18.6. The number of pyridine rings is 1. The van der Waals surface area contributed by atoms with Gasteiger partial charge in [0.2, 0.25) is 0 Å². The van der Waals surface area contributed by atoms with Crippen LogP contribution >= 0.6 is 28.1 Å². The van der Waals surface area contributed by atoms with Crippen LogP contribution in [0.3, 0.4) is 0 Å². The average Bonchev–Trinajstić information content (AvgIpc) is 3.48. The van der Waals surface area contributed by atoms with E-state index in [4.69, 9.17) is 12.2 Å². The van der Waals surface area contributed by atoms with E-state index in [1.54, 1.807) is 0 Å². The topological polar surface area (TPSA) is 45.1 Å². The highest BCUT2D eigenvalue weighted by Gasteiger charge is 2.40. The fraction of sp³-hybridized carbons (Fsp3) is 0.185. The van der Waals surface area contributed by atoms with Crippen molar-refractivity contribution < 1.29 is 0 Å². The third-order valence-electron chi connectivity index (χ3n) is 6.06. The minimum absolute atomic E-state index is 0.0257. The van der Waals surface area contributed by atoms with E-state index in [0.717, 1.165) is 46.2 Å². The van der Waals surface area contributed by atoms with Crippen LogP contribution in [0.5, 0.6) is 0 Å². The molecule has 1 fully saturated rings. The van der Waals surface area contributed by atoms with Crippen molar-refractivity contribution in [2.24, 2.45) is 0 Å². The van der Waals surface area contributed by atoms with Gasteiger partial charge in [-0.3, -0.25) is 4.98 Å². The Morgan fingerprint density at radius 3 is 2.50 bits per heavy atom. The quantitative estimate of drug-likeness (QED) is 0.212. The Labute approximate surface area is 214 Å². The lowest BCUT2D eigenvalue weighted by atomic mass is 10.0. The largest absolute Gasteiger partial charge is 0.385 e. The molecule has 2 aromatic carbocycles. The summed E-state index contributed by atoms with van der Waals surface area (Å²) in [6, 6.07) is 29.0. The van der Waals surface area contributed by atoms with Gasteiger partial charge in [0, 0.05) is 47.0 Å². The highest BCUT2D eigenvalue weighted by Crippen LogP contribution is 2.39. The van der Waals surface area contributed by atoms with E-state index in [1.807, 2.05) is 36.5 Å². The van der Waals surface area contributed by atoms with Gasteiger partial charge in [-0.25, -0.2) is 0 Å². The van der Waals surface area contributed by atoms with Crippen LogP contribution in [0.4, 0.5) is 5.69 Å². The number of aromatic nitrogens is 2. The highest BCUT2D eigenvalue weighted by molar-refractivity contribution is 9.10. The Morgan fingerprint density at radius 2 is 1.74 bits per heavy atom. The molecule has 3 heterocycles. The smallest absolute Gasteiger partial charge is 0.170 e. The van der Waals surface area contributed by atoms with E-state index >= 15 is 0 Å². The number of halogens is 1. The van der Waals surface area contributed by atoms with Crippen LogP contribution in [-0.4, -0.2) is 32.7 Å². The molecule has 2 unspecified atom stereocenters. The fourth-order valence-corrected chi connectivity index (χ4v) is 5.07. The van der Waals surface area contributed by atoms with Crippen LogP contribution in [0.1, 0.15) is 29.9 Å². The summed E-state index contributed by atoms with van der Waals surface area (Å²) in [5, 5.41) is 7.83. The monoisotopic (exact) mass is 531 g/mol. The van der Waals surface area contributed by atoms with Gasteiger partial charge in [0.1, 0.15) is 0 Å². The third kappa shape index (κ3) is 4.86. The van der Waals surface area contributed by atoms with Gasteiger partial charge in [0.05, 0.1) is 17.8 Å². The Kier molecular flexibility index (Phi) is 6.92. The summed E-state index contributed by atoms with van der Waals surface area (Å²) in [6.07, 6.45) is 4.92. The molecule has 0 bridgehead atoms. The molecular weight excluding hydrogens is 506 g/mol. The van der Waals surface area contributed by atoms with Crippen LogP contribution < -0.4 is 10.6 Å². The van der Waals surface area contributed by atoms with Crippen LogP contribution in [0.2, 0.25) is 0 Å². The molecule has 0 saturated carbocycles. The van der Waals surface area contributed by atoms with Crippen LogP contribution in [0.15, 0.2) is 102 Å². The predicted molar refractivity (Wildman–Crippen MR) is 145 cm³/mol. The number of thiocarbonyl (C=S) groups is 1. The van der Waals surface area contributed by atoms with Crippen molar-refractivity contribution in [2.45, 2.75) is 18.5 Å². The summed E-state index contributed by atoms with van der Waals surface area (Å²) < 4.78 is 3.31. The Hall–Kier alpha value is -3.16. The molecule has 0 spiro atoms. The second-order valence-electron chi connectivity index (χ2n) is 8.25. The maximum atomic E-state index is 5.84. The number of nitrogens with one attached hydrogen (secondary N) is 2. The summed E-state index contributed by atoms with van der Waals surface area (Å²) in [6.45, 7) is 1.71. The fourth-order valence-electron chi connectivity index (χ4n) is 4.48. The molecule has 0 radical (unpaired) electrons. The molecule has 34 heavy (non-hydrogen) atoms. The van der Waals surface area contributed by atoms with Crippen molar-refractivity contribution in [3.8, 4) is 5.69 Å². The standard InChI is InChI=1S/C27H26BrN5S/c28-20-12-14-22(15-13-20)32-18-6-11-24(32)26-25(23-10-4-5-16-30-23)31-27(34)33(26)19-7-17-29-21-8-2-1-3-9-21/h1-6,8-16,18,25-26,29H,7,17,19H2,(H,31,34). The molecule has 1 aliphatic heterocycles. The lowest BCUT2D eigenvalue weighted by Crippen LogP contribution is -2.32. The van der Waals surface area contributed by atoms with E-state index in [0.29, 0.717) is 0 Å². The molecule has 2 aromatic heterocycles. The summed E-state index contributed by atoms with van der Waals surface area (Å²) in [4.78, 5) is 6.97. The van der Waals surface area contributed by atoms with Gasteiger partial charge in [-0.2, -0.15) is 0 Å². The summed E-state index contributed by atoms with van der Waals surface area (Å²) in [5.41, 5.74) is 4.42. The number of anilines is 1. The molecule has 5 rings (SSSR count). The second-order valence-corrected chi connectivity index (χ2v) is 9.55. The SMILES string of the molecule is S=C1NC(c2ccccn2)C(c2cccn2-c2ccc(Br)cc2)N1CCCNc1ccccc1. The molecule has 2 N–H and O–H groups in total. The third-order valence-corrected chi connectivity index (χ3v) is 6.95. The van der Waals surface area contributed by atoms with Gasteiger partial charge in [0.15, 0.2) is 5.11 Å². The first-order valence-corrected chi connectivity index (χ1v) is 12.6. The van der Waals surface area contributed by atoms with Gasteiger partial charge in [0.25, 0.3) is 0 Å². The van der Waals surface area contributed by atoms with Crippen molar-refractivity contribution in [3.63, 3.8) is 0 Å². The van der Waals surface area contributed by atoms with E-state index in [2.05, 4.69) is 102 Å². The van der Waals surface area contributed by atoms with Gasteiger partial charge in [-0.05, 0) is 79.3 Å². The Morgan fingerprint density at radius 1 is 0.941 bits per heavy atom. The molecule has 4 aromatic rings. The number of nitrogens with zero attached hydrogens (tertiary/aromatic N) is 3. The number of hydrogen-bond donors (Lipinski definition) is 2. The molecule has 0 aliphatic carbocycles. The van der Waals surface area contributed by atoms with Crippen molar-refractivity contribution in [3.05, 3.63) is 113 Å². The first kappa shape index (κ1) is 22.6. The number of rotatable bonds is 8. The highest BCUT2D eigenvalue weighted by atomic mass is 79.9. The molecule has 1 saturated heterocycles. The molecule has 1 aliphatic rings. The van der Waals surface area contributed by atoms with Gasteiger partial charge in [-0.1, -0.05) is 40.2 Å². The maximum absolute atomic E-state index is 5.84. The second kappa shape index (κ2) is 10.4. The lowest BCUT2D eigenvalue weighted by molar-refractivity contribution is 0.307. The van der Waals surface area contributed by atoms with E-state index in [1.165, 1.54) is 5.69 Å². The van der Waals surface area contributed by atoms with E-state index < -0.39 is 0 Å². The van der Waals surface area contributed by atoms with Gasteiger partial charge >= 0.3 is 0 Å². The van der Waals surface area contributed by atoms with E-state index in [9.17, 15) is 0 Å². The zero-order chi connectivity index (χ0) is 23.3. The van der Waals surface area contributed by atoms with Gasteiger partial charge in [-0.15, -0.1) is 0 Å². The van der Waals surface area contributed by atoms with Crippen molar-refractivity contribution in [1.29, 1.82) is 0 Å². The zero-order valence-corrected chi connectivity index (χ0v) is 21.0. The number of hydrogen-bond acceptors (Lipinski definition) is 3. The number of benzene rings is 2. The Bertz CT molecular complexity index is 1230. The molecule has 7 heteroatoms. The normalized spacial score (nSPS) is 17.6. The van der Waals surface area contributed by atoms with Crippen LogP contribution in [0, 0.1) is 0 Å². The summed E-state index contributed by atoms with van der Waals surface area (Å²) in [7, 11) is 0. The van der Waals surface area contributed by atoms with Crippen molar-refractivity contribution in [1.82, 2.24) is 19.8 Å². The summed E-state index contributed by atoms with van der Waals surface area (Å²) >= 11 is 9.38. The Balaban J connectivity index is 1.42. The summed E-state index contributed by atoms with van der Waals surface area (Å²) in [5.74, 6) is 0. The molecular formula is C27H26BrN5S. The predicted octanol–water partition coefficient (Wildman–Crippen LogP) is 6.11. The molecule has 2 atom stereocenters. The minimum atomic E-state index is -0.0279. The van der Waals surface area contributed by atoms with Crippen LogP contribution in [-0.2, 0) is 0 Å². The minimum Gasteiger partial charge on any atom is -0.385 e. The van der Waals surface area contributed by atoms with Crippen molar-refractivity contribution >= 4 is 38.9 Å². The number of para-hydroxylation sites is 1. The average molecular weight is 533 g/mol. The van der Waals surface area contributed by atoms with E-state index in [-0.39, 0.29) is 12.1 Å². The lowest BCUT2D eigenvalue weighted by Gasteiger charge is -2.29. The first-order valence-electron chi connectivity index (χ1n) is 11.4. The molecule has 5 nitrogen and oxygen atoms in total. The maximum Gasteiger partial charge on any atom is 0.170 e. The molecule has 0 amide bonds.